The lowest BCUT2D eigenvalue weighted by atomic mass is 9.99. The number of benzene rings is 8. The van der Waals surface area contributed by atoms with Gasteiger partial charge in [0.05, 0.1) is 45.3 Å². The number of hydrogen-bond donors (Lipinski definition) is 0. The number of aromatic nitrogens is 2. The van der Waals surface area contributed by atoms with Crippen molar-refractivity contribution in [1.29, 1.82) is 10.5 Å². The summed E-state index contributed by atoms with van der Waals surface area (Å²) < 4.78 is 17.6. The Labute approximate surface area is 318 Å². The first-order valence-corrected chi connectivity index (χ1v) is 18.5. The van der Waals surface area contributed by atoms with Crippen molar-refractivity contribution in [3.05, 3.63) is 169 Å². The molecule has 4 aromatic heterocycles. The van der Waals surface area contributed by atoms with Gasteiger partial charge in [-0.05, 0) is 83.9 Å². The van der Waals surface area contributed by atoms with Gasteiger partial charge in [-0.3, -0.25) is 0 Å². The fourth-order valence-corrected chi connectivity index (χ4v) is 8.94. The average molecular weight is 715 g/mol. The molecule has 0 spiro atoms. The number of furan rings is 2. The van der Waals surface area contributed by atoms with Gasteiger partial charge in [-0.1, -0.05) is 84.9 Å². The molecule has 0 saturated heterocycles. The third-order valence-corrected chi connectivity index (χ3v) is 11.3. The summed E-state index contributed by atoms with van der Waals surface area (Å²) in [6, 6.07) is 58.2. The number of nitrogens with zero attached hydrogens (tertiary/aromatic N) is 4. The zero-order valence-electron chi connectivity index (χ0n) is 29.6. The normalized spacial score (nSPS) is 11.9. The molecule has 0 atom stereocenters. The van der Waals surface area contributed by atoms with Gasteiger partial charge in [-0.2, -0.15) is 10.5 Å². The Morgan fingerprint density at radius 1 is 0.375 bits per heavy atom. The molecule has 0 aliphatic rings. The smallest absolute Gasteiger partial charge is 0.160 e. The van der Waals surface area contributed by atoms with Crippen molar-refractivity contribution in [1.82, 2.24) is 9.13 Å². The van der Waals surface area contributed by atoms with E-state index in [1.165, 1.54) is 0 Å². The van der Waals surface area contributed by atoms with Gasteiger partial charge in [-0.15, -0.1) is 0 Å². The molecule has 0 amide bonds. The van der Waals surface area contributed by atoms with Crippen LogP contribution in [0.2, 0.25) is 0 Å². The molecule has 0 bridgehead atoms. The Morgan fingerprint density at radius 2 is 0.768 bits per heavy atom. The van der Waals surface area contributed by atoms with Gasteiger partial charge in [0.15, 0.2) is 11.2 Å². The van der Waals surface area contributed by atoms with E-state index in [-0.39, 0.29) is 0 Å². The molecule has 0 aliphatic carbocycles. The molecule has 0 saturated carbocycles. The third kappa shape index (κ3) is 4.13. The van der Waals surface area contributed by atoms with Gasteiger partial charge in [0, 0.05) is 54.5 Å². The third-order valence-electron chi connectivity index (χ3n) is 11.3. The van der Waals surface area contributed by atoms with Crippen molar-refractivity contribution in [3.8, 4) is 34.6 Å². The Balaban J connectivity index is 1.14. The van der Waals surface area contributed by atoms with Gasteiger partial charge < -0.3 is 18.0 Å². The van der Waals surface area contributed by atoms with Crippen LogP contribution in [0.25, 0.3) is 110 Å². The fraction of sp³-hybridized carbons (Fsp3) is 0. The van der Waals surface area contributed by atoms with Crippen molar-refractivity contribution >= 4 is 87.5 Å². The standard InChI is InChI=1S/C50H26N4O2/c51-27-29-21-31(25-33(23-29)53-43-13-5-1-9-35(43)39-17-19-41-37-11-3-7-15-45(37)55-49(41)47(39)53)32-22-30(28-52)24-34(26-32)54-44-14-6-2-10-36(44)40-18-20-42-38-12-4-8-16-46(38)56-50(42)48(40)54/h1-26H. The molecule has 8 aromatic carbocycles. The van der Waals surface area contributed by atoms with E-state index in [0.717, 1.165) is 110 Å². The van der Waals surface area contributed by atoms with Crippen molar-refractivity contribution in [2.75, 3.05) is 0 Å². The van der Waals surface area contributed by atoms with Crippen molar-refractivity contribution in [3.63, 3.8) is 0 Å². The minimum Gasteiger partial charge on any atom is -0.454 e. The van der Waals surface area contributed by atoms with Crippen LogP contribution in [0.5, 0.6) is 0 Å². The zero-order valence-corrected chi connectivity index (χ0v) is 29.6. The van der Waals surface area contributed by atoms with Crippen LogP contribution >= 0.6 is 0 Å². The SMILES string of the molecule is N#Cc1cc(-c2cc(C#N)cc(-n3c4ccccc4c4ccc5c6ccccc6oc5c43)c2)cc(-n2c3ccccc3c3ccc4c5ccccc5oc4c32)c1. The fourth-order valence-electron chi connectivity index (χ4n) is 8.94. The highest BCUT2D eigenvalue weighted by Gasteiger charge is 2.22. The van der Waals surface area contributed by atoms with Crippen LogP contribution in [0.3, 0.4) is 0 Å². The first kappa shape index (κ1) is 30.4. The molecule has 0 unspecified atom stereocenters. The number of rotatable bonds is 3. The van der Waals surface area contributed by atoms with Crippen LogP contribution in [-0.4, -0.2) is 9.13 Å². The van der Waals surface area contributed by atoms with Crippen molar-refractivity contribution in [2.45, 2.75) is 0 Å². The molecule has 6 nitrogen and oxygen atoms in total. The van der Waals surface area contributed by atoms with Crippen LogP contribution in [0.15, 0.2) is 167 Å². The van der Waals surface area contributed by atoms with Crippen LogP contribution in [0.1, 0.15) is 11.1 Å². The summed E-state index contributed by atoms with van der Waals surface area (Å²) in [6.07, 6.45) is 0. The second-order valence-corrected chi connectivity index (χ2v) is 14.3. The molecule has 6 heteroatoms. The van der Waals surface area contributed by atoms with Gasteiger partial charge in [0.1, 0.15) is 11.2 Å². The maximum atomic E-state index is 10.5. The predicted molar refractivity (Wildman–Crippen MR) is 225 cm³/mol. The molecule has 258 valence electrons. The molecule has 4 heterocycles. The maximum Gasteiger partial charge on any atom is 0.160 e. The summed E-state index contributed by atoms with van der Waals surface area (Å²) in [7, 11) is 0. The van der Waals surface area contributed by atoms with Crippen molar-refractivity contribution < 1.29 is 8.83 Å². The first-order chi connectivity index (χ1) is 27.7. The Kier molecular flexibility index (Phi) is 6.10. The minimum absolute atomic E-state index is 0.505. The Morgan fingerprint density at radius 3 is 1.21 bits per heavy atom. The van der Waals surface area contributed by atoms with Gasteiger partial charge in [0.25, 0.3) is 0 Å². The highest BCUT2D eigenvalue weighted by Crippen LogP contribution is 2.43. The lowest BCUT2D eigenvalue weighted by molar-refractivity contribution is 0.670. The van der Waals surface area contributed by atoms with Crippen LogP contribution < -0.4 is 0 Å². The van der Waals surface area contributed by atoms with E-state index >= 15 is 0 Å². The van der Waals surface area contributed by atoms with E-state index < -0.39 is 0 Å². The van der Waals surface area contributed by atoms with E-state index in [1.54, 1.807) is 0 Å². The summed E-state index contributed by atoms with van der Waals surface area (Å²) in [5.41, 5.74) is 11.4. The molecular formula is C50H26N4O2. The second kappa shape index (κ2) is 11.2. The largest absolute Gasteiger partial charge is 0.454 e. The van der Waals surface area contributed by atoms with Crippen LogP contribution in [0, 0.1) is 22.7 Å². The molecule has 0 N–H and O–H groups in total. The predicted octanol–water partition coefficient (Wildman–Crippen LogP) is 13.1. The summed E-state index contributed by atoms with van der Waals surface area (Å²) in [4.78, 5) is 0. The summed E-state index contributed by atoms with van der Waals surface area (Å²) in [5, 5.41) is 29.4. The minimum atomic E-state index is 0.505. The number of hydrogen-bond acceptors (Lipinski definition) is 4. The molecule has 12 rings (SSSR count). The molecular weight excluding hydrogens is 689 g/mol. The summed E-state index contributed by atoms with van der Waals surface area (Å²) >= 11 is 0. The van der Waals surface area contributed by atoms with E-state index in [0.29, 0.717) is 11.1 Å². The number of fused-ring (bicyclic) bond motifs is 14. The van der Waals surface area contributed by atoms with E-state index in [1.807, 2.05) is 72.8 Å². The molecule has 0 radical (unpaired) electrons. The molecule has 0 aliphatic heterocycles. The summed E-state index contributed by atoms with van der Waals surface area (Å²) in [5.74, 6) is 0. The summed E-state index contributed by atoms with van der Waals surface area (Å²) in [6.45, 7) is 0. The molecule has 56 heavy (non-hydrogen) atoms. The number of para-hydroxylation sites is 4. The lowest BCUT2D eigenvalue weighted by Gasteiger charge is -2.14. The maximum absolute atomic E-state index is 10.5. The first-order valence-electron chi connectivity index (χ1n) is 18.5. The van der Waals surface area contributed by atoms with Crippen LogP contribution in [0.4, 0.5) is 0 Å². The van der Waals surface area contributed by atoms with Crippen molar-refractivity contribution in [2.24, 2.45) is 0 Å². The van der Waals surface area contributed by atoms with E-state index in [4.69, 9.17) is 8.83 Å². The number of nitriles is 2. The lowest BCUT2D eigenvalue weighted by Crippen LogP contribution is -1.98. The van der Waals surface area contributed by atoms with Gasteiger partial charge >= 0.3 is 0 Å². The monoisotopic (exact) mass is 714 g/mol. The van der Waals surface area contributed by atoms with Gasteiger partial charge in [-0.25, -0.2) is 0 Å². The van der Waals surface area contributed by atoms with E-state index in [2.05, 4.69) is 106 Å². The van der Waals surface area contributed by atoms with Gasteiger partial charge in [0.2, 0.25) is 0 Å². The molecule has 12 aromatic rings. The highest BCUT2D eigenvalue weighted by molar-refractivity contribution is 6.23. The second-order valence-electron chi connectivity index (χ2n) is 14.3. The van der Waals surface area contributed by atoms with Crippen LogP contribution in [-0.2, 0) is 0 Å². The Hall–Kier alpha value is -8.06. The zero-order chi connectivity index (χ0) is 37.1. The average Bonchev–Trinajstić information content (AvgIpc) is 4.01. The quantitative estimate of drug-likeness (QED) is 0.182. The highest BCUT2D eigenvalue weighted by atomic mass is 16.3. The topological polar surface area (TPSA) is 83.7 Å². The van der Waals surface area contributed by atoms with E-state index in [9.17, 15) is 10.5 Å². The molecule has 0 fully saturated rings. The Bertz CT molecular complexity index is 3500.